The second-order valence-corrected chi connectivity index (χ2v) is 5.32. The topological polar surface area (TPSA) is 29.5 Å². The van der Waals surface area contributed by atoms with Gasteiger partial charge in [0, 0.05) is 18.1 Å². The fourth-order valence-electron chi connectivity index (χ4n) is 1.86. The number of benzene rings is 1. The number of hydrogen-bond acceptors (Lipinski definition) is 2. The predicted molar refractivity (Wildman–Crippen MR) is 71.5 cm³/mol. The largest absolute Gasteiger partial charge is 0.368 e. The number of rotatable bonds is 2. The molecule has 0 aromatic heterocycles. The molecular weight excluding hydrogens is 305 g/mol. The van der Waals surface area contributed by atoms with Crippen molar-refractivity contribution < 1.29 is 9.53 Å². The molecule has 0 spiro atoms. The van der Waals surface area contributed by atoms with Crippen molar-refractivity contribution >= 4 is 39.1 Å². The van der Waals surface area contributed by atoms with Crippen molar-refractivity contribution in [1.29, 1.82) is 0 Å². The van der Waals surface area contributed by atoms with Crippen molar-refractivity contribution in [2.24, 2.45) is 0 Å². The number of hydrogen-bond donors (Lipinski definition) is 0. The monoisotopic (exact) mass is 317 g/mol. The van der Waals surface area contributed by atoms with Gasteiger partial charge in [-0.3, -0.25) is 4.79 Å². The quantitative estimate of drug-likeness (QED) is 0.838. The molecule has 1 aromatic carbocycles. The van der Waals surface area contributed by atoms with Crippen molar-refractivity contribution in [3.05, 3.63) is 27.7 Å². The summed E-state index contributed by atoms with van der Waals surface area (Å²) in [5.41, 5.74) is 0.704. The minimum absolute atomic E-state index is 0.0354. The van der Waals surface area contributed by atoms with E-state index in [0.717, 1.165) is 17.3 Å². The molecule has 17 heavy (non-hydrogen) atoms. The zero-order valence-electron chi connectivity index (χ0n) is 9.45. The van der Waals surface area contributed by atoms with Crippen LogP contribution in [0.1, 0.15) is 12.8 Å². The van der Waals surface area contributed by atoms with E-state index in [1.165, 1.54) is 0 Å². The summed E-state index contributed by atoms with van der Waals surface area (Å²) in [5, 5.41) is 0.549. The summed E-state index contributed by atoms with van der Waals surface area (Å²) in [4.78, 5) is 13.7. The van der Waals surface area contributed by atoms with Crippen LogP contribution >= 0.6 is 27.5 Å². The molecule has 0 N–H and O–H groups in total. The molecule has 0 aliphatic carbocycles. The molecule has 1 amide bonds. The van der Waals surface area contributed by atoms with E-state index >= 15 is 0 Å². The number of nitrogens with zero attached hydrogens (tertiary/aromatic N) is 1. The van der Waals surface area contributed by atoms with Crippen LogP contribution in [0.5, 0.6) is 0 Å². The Hall–Kier alpha value is -0.580. The average molecular weight is 319 g/mol. The molecule has 1 saturated heterocycles. The van der Waals surface area contributed by atoms with Gasteiger partial charge >= 0.3 is 0 Å². The summed E-state index contributed by atoms with van der Waals surface area (Å²) >= 11 is 9.45. The highest BCUT2D eigenvalue weighted by Gasteiger charge is 2.27. The van der Waals surface area contributed by atoms with Crippen LogP contribution in [0.2, 0.25) is 5.02 Å². The molecule has 1 atom stereocenters. The van der Waals surface area contributed by atoms with Crippen molar-refractivity contribution in [3.63, 3.8) is 0 Å². The Bertz CT molecular complexity index is 433. The smallest absolute Gasteiger partial charge is 0.255 e. The summed E-state index contributed by atoms with van der Waals surface area (Å²) in [6, 6.07) is 5.45. The van der Waals surface area contributed by atoms with Crippen LogP contribution in [-0.4, -0.2) is 25.7 Å². The molecule has 1 aromatic rings. The van der Waals surface area contributed by atoms with Crippen LogP contribution in [0.4, 0.5) is 5.69 Å². The summed E-state index contributed by atoms with van der Waals surface area (Å²) < 4.78 is 6.27. The SMILES string of the molecule is CN(C(=O)[C@@H]1CCCO1)c1ccc(Br)cc1Cl. The highest BCUT2D eigenvalue weighted by molar-refractivity contribution is 9.10. The molecule has 1 aliphatic rings. The molecule has 1 fully saturated rings. The normalized spacial score (nSPS) is 19.4. The van der Waals surface area contributed by atoms with Crippen molar-refractivity contribution in [2.45, 2.75) is 18.9 Å². The molecule has 1 aliphatic heterocycles. The number of amides is 1. The predicted octanol–water partition coefficient (Wildman–Crippen LogP) is 3.24. The van der Waals surface area contributed by atoms with E-state index in [4.69, 9.17) is 16.3 Å². The lowest BCUT2D eigenvalue weighted by Gasteiger charge is -2.21. The van der Waals surface area contributed by atoms with E-state index < -0.39 is 0 Å². The third kappa shape index (κ3) is 2.81. The molecule has 92 valence electrons. The van der Waals surface area contributed by atoms with Crippen LogP contribution in [0.15, 0.2) is 22.7 Å². The number of likely N-dealkylation sites (N-methyl/N-ethyl adjacent to an activating group) is 1. The lowest BCUT2D eigenvalue weighted by Crippen LogP contribution is -2.36. The van der Waals surface area contributed by atoms with Crippen LogP contribution in [0.25, 0.3) is 0 Å². The lowest BCUT2D eigenvalue weighted by atomic mass is 10.2. The number of anilines is 1. The Balaban J connectivity index is 2.18. The second kappa shape index (κ2) is 5.38. The van der Waals surface area contributed by atoms with E-state index in [9.17, 15) is 4.79 Å². The maximum atomic E-state index is 12.1. The van der Waals surface area contributed by atoms with Gasteiger partial charge < -0.3 is 9.64 Å². The van der Waals surface area contributed by atoms with E-state index in [0.29, 0.717) is 17.3 Å². The minimum atomic E-state index is -0.320. The Morgan fingerprint density at radius 1 is 1.59 bits per heavy atom. The number of ether oxygens (including phenoxy) is 1. The minimum Gasteiger partial charge on any atom is -0.368 e. The number of carbonyl (C=O) groups excluding carboxylic acids is 1. The fourth-order valence-corrected chi connectivity index (χ4v) is 2.66. The summed E-state index contributed by atoms with van der Waals surface area (Å²) in [6.45, 7) is 0.665. The number of halogens is 2. The van der Waals surface area contributed by atoms with Crippen LogP contribution in [-0.2, 0) is 9.53 Å². The van der Waals surface area contributed by atoms with Gasteiger partial charge in [-0.25, -0.2) is 0 Å². The average Bonchev–Trinajstić information content (AvgIpc) is 2.80. The molecule has 3 nitrogen and oxygen atoms in total. The Labute approximate surface area is 114 Å². The summed E-state index contributed by atoms with van der Waals surface area (Å²) in [6.07, 6.45) is 1.41. The molecule has 2 rings (SSSR count). The maximum Gasteiger partial charge on any atom is 0.255 e. The first-order chi connectivity index (χ1) is 8.09. The fraction of sp³-hybridized carbons (Fsp3) is 0.417. The first-order valence-electron chi connectivity index (χ1n) is 5.44. The van der Waals surface area contributed by atoms with Gasteiger partial charge in [0.15, 0.2) is 0 Å². The molecule has 0 saturated carbocycles. The van der Waals surface area contributed by atoms with Crippen LogP contribution in [0, 0.1) is 0 Å². The van der Waals surface area contributed by atoms with E-state index in [-0.39, 0.29) is 12.0 Å². The molecule has 0 unspecified atom stereocenters. The van der Waals surface area contributed by atoms with E-state index in [1.807, 2.05) is 12.1 Å². The van der Waals surface area contributed by atoms with E-state index in [1.54, 1.807) is 18.0 Å². The van der Waals surface area contributed by atoms with Crippen molar-refractivity contribution in [3.8, 4) is 0 Å². The first-order valence-corrected chi connectivity index (χ1v) is 6.61. The molecule has 0 bridgehead atoms. The third-order valence-electron chi connectivity index (χ3n) is 2.81. The van der Waals surface area contributed by atoms with Gasteiger partial charge in [-0.2, -0.15) is 0 Å². The highest BCUT2D eigenvalue weighted by atomic mass is 79.9. The Morgan fingerprint density at radius 3 is 2.94 bits per heavy atom. The standard InChI is InChI=1S/C12H13BrClNO2/c1-15(12(16)11-3-2-6-17-11)10-5-4-8(13)7-9(10)14/h4-5,7,11H,2-3,6H2,1H3/t11-/m0/s1. The zero-order valence-corrected chi connectivity index (χ0v) is 11.8. The van der Waals surface area contributed by atoms with Crippen LogP contribution in [0.3, 0.4) is 0 Å². The van der Waals surface area contributed by atoms with Crippen molar-refractivity contribution in [1.82, 2.24) is 0 Å². The van der Waals surface area contributed by atoms with Gasteiger partial charge in [0.1, 0.15) is 6.10 Å². The van der Waals surface area contributed by atoms with Gasteiger partial charge in [-0.15, -0.1) is 0 Å². The number of carbonyl (C=O) groups is 1. The molecular formula is C12H13BrClNO2. The molecule has 0 radical (unpaired) electrons. The van der Waals surface area contributed by atoms with Gasteiger partial charge in [0.25, 0.3) is 5.91 Å². The van der Waals surface area contributed by atoms with Gasteiger partial charge in [-0.1, -0.05) is 27.5 Å². The van der Waals surface area contributed by atoms with Gasteiger partial charge in [0.05, 0.1) is 10.7 Å². The van der Waals surface area contributed by atoms with Gasteiger partial charge in [-0.05, 0) is 31.0 Å². The highest BCUT2D eigenvalue weighted by Crippen LogP contribution is 2.29. The first kappa shape index (κ1) is 12.9. The zero-order chi connectivity index (χ0) is 12.4. The second-order valence-electron chi connectivity index (χ2n) is 3.99. The van der Waals surface area contributed by atoms with Crippen LogP contribution < -0.4 is 4.90 Å². The maximum absolute atomic E-state index is 12.1. The molecule has 5 heteroatoms. The third-order valence-corrected chi connectivity index (χ3v) is 3.60. The summed E-state index contributed by atoms with van der Waals surface area (Å²) in [7, 11) is 1.72. The summed E-state index contributed by atoms with van der Waals surface area (Å²) in [5.74, 6) is -0.0354. The van der Waals surface area contributed by atoms with Gasteiger partial charge in [0.2, 0.25) is 0 Å². The van der Waals surface area contributed by atoms with E-state index in [2.05, 4.69) is 15.9 Å². The molecule has 1 heterocycles. The Morgan fingerprint density at radius 2 is 2.35 bits per heavy atom. The van der Waals surface area contributed by atoms with Crippen molar-refractivity contribution in [2.75, 3.05) is 18.6 Å². The Kier molecular flexibility index (Phi) is 4.07. The lowest BCUT2D eigenvalue weighted by molar-refractivity contribution is -0.127.